The molecule has 0 spiro atoms. The van der Waals surface area contributed by atoms with E-state index in [0.29, 0.717) is 19.1 Å². The zero-order chi connectivity index (χ0) is 12.5. The number of hydrogen-bond donors (Lipinski definition) is 0. The van der Waals surface area contributed by atoms with E-state index in [1.165, 1.54) is 0 Å². The van der Waals surface area contributed by atoms with Crippen LogP contribution in [0.15, 0.2) is 12.1 Å². The molecule has 1 saturated heterocycles. The van der Waals surface area contributed by atoms with Crippen LogP contribution in [0.4, 0.5) is 0 Å². The van der Waals surface area contributed by atoms with Gasteiger partial charge in [-0.15, -0.1) is 11.6 Å². The lowest BCUT2D eigenvalue weighted by Gasteiger charge is -2.41. The summed E-state index contributed by atoms with van der Waals surface area (Å²) in [5.74, 6) is 2.22. The first-order valence-electron chi connectivity index (χ1n) is 5.54. The van der Waals surface area contributed by atoms with Crippen molar-refractivity contribution in [3.05, 3.63) is 23.3 Å². The SMILES string of the molecule is COc1ccc(C2(CCl)COC2)c(OC)c1C. The summed E-state index contributed by atoms with van der Waals surface area (Å²) < 4.78 is 16.1. The lowest BCUT2D eigenvalue weighted by molar-refractivity contribution is -0.0489. The highest BCUT2D eigenvalue weighted by molar-refractivity contribution is 6.18. The van der Waals surface area contributed by atoms with E-state index in [1.807, 2.05) is 19.1 Å². The third-order valence-corrected chi connectivity index (χ3v) is 3.88. The number of rotatable bonds is 4. The number of methoxy groups -OCH3 is 2. The minimum absolute atomic E-state index is 0.107. The van der Waals surface area contributed by atoms with Gasteiger partial charge in [0.25, 0.3) is 0 Å². The highest BCUT2D eigenvalue weighted by atomic mass is 35.5. The van der Waals surface area contributed by atoms with Gasteiger partial charge in [0.2, 0.25) is 0 Å². The molecule has 94 valence electrons. The fourth-order valence-corrected chi connectivity index (χ4v) is 2.53. The maximum Gasteiger partial charge on any atom is 0.129 e. The van der Waals surface area contributed by atoms with E-state index in [4.69, 9.17) is 25.8 Å². The average molecular weight is 257 g/mol. The van der Waals surface area contributed by atoms with Gasteiger partial charge in [-0.05, 0) is 13.0 Å². The van der Waals surface area contributed by atoms with Crippen LogP contribution >= 0.6 is 11.6 Å². The van der Waals surface area contributed by atoms with Crippen molar-refractivity contribution in [3.8, 4) is 11.5 Å². The van der Waals surface area contributed by atoms with Gasteiger partial charge in [-0.2, -0.15) is 0 Å². The second-order valence-electron chi connectivity index (χ2n) is 4.38. The maximum absolute atomic E-state index is 6.08. The van der Waals surface area contributed by atoms with E-state index in [0.717, 1.165) is 22.6 Å². The summed E-state index contributed by atoms with van der Waals surface area (Å²) in [4.78, 5) is 0. The van der Waals surface area contributed by atoms with Gasteiger partial charge in [-0.3, -0.25) is 0 Å². The second-order valence-corrected chi connectivity index (χ2v) is 4.65. The smallest absolute Gasteiger partial charge is 0.129 e. The van der Waals surface area contributed by atoms with Gasteiger partial charge in [0.05, 0.1) is 32.8 Å². The molecule has 0 radical (unpaired) electrons. The predicted molar refractivity (Wildman–Crippen MR) is 67.5 cm³/mol. The van der Waals surface area contributed by atoms with Gasteiger partial charge in [0, 0.05) is 17.0 Å². The van der Waals surface area contributed by atoms with Crippen molar-refractivity contribution < 1.29 is 14.2 Å². The molecule has 1 aliphatic heterocycles. The van der Waals surface area contributed by atoms with Crippen molar-refractivity contribution in [1.29, 1.82) is 0 Å². The van der Waals surface area contributed by atoms with Gasteiger partial charge in [-0.1, -0.05) is 6.07 Å². The molecular weight excluding hydrogens is 240 g/mol. The molecule has 1 aliphatic rings. The quantitative estimate of drug-likeness (QED) is 0.775. The monoisotopic (exact) mass is 256 g/mol. The van der Waals surface area contributed by atoms with Crippen LogP contribution < -0.4 is 9.47 Å². The Kier molecular flexibility index (Phi) is 3.50. The van der Waals surface area contributed by atoms with Gasteiger partial charge in [-0.25, -0.2) is 0 Å². The van der Waals surface area contributed by atoms with Crippen LogP contribution in [0.25, 0.3) is 0 Å². The van der Waals surface area contributed by atoms with Crippen molar-refractivity contribution in [2.24, 2.45) is 0 Å². The molecule has 0 aliphatic carbocycles. The Labute approximate surface area is 107 Å². The van der Waals surface area contributed by atoms with Crippen molar-refractivity contribution in [2.45, 2.75) is 12.3 Å². The lowest BCUT2D eigenvalue weighted by atomic mass is 9.79. The van der Waals surface area contributed by atoms with Crippen LogP contribution in [0.5, 0.6) is 11.5 Å². The molecule has 0 amide bonds. The number of benzene rings is 1. The number of ether oxygens (including phenoxy) is 3. The largest absolute Gasteiger partial charge is 0.496 e. The summed E-state index contributed by atoms with van der Waals surface area (Å²) in [7, 11) is 3.33. The normalized spacial score (nSPS) is 17.4. The van der Waals surface area contributed by atoms with Gasteiger partial charge in [0.1, 0.15) is 11.5 Å². The summed E-state index contributed by atoms with van der Waals surface area (Å²) in [5, 5.41) is 0. The molecule has 4 heteroatoms. The molecule has 1 aromatic rings. The van der Waals surface area contributed by atoms with E-state index in [-0.39, 0.29) is 5.41 Å². The van der Waals surface area contributed by atoms with Crippen LogP contribution in [0.1, 0.15) is 11.1 Å². The Morgan fingerprint density at radius 2 is 2.00 bits per heavy atom. The molecule has 1 heterocycles. The van der Waals surface area contributed by atoms with E-state index < -0.39 is 0 Å². The molecule has 0 N–H and O–H groups in total. The number of halogens is 1. The number of hydrogen-bond acceptors (Lipinski definition) is 3. The number of alkyl halides is 1. The van der Waals surface area contributed by atoms with Crippen molar-refractivity contribution in [1.82, 2.24) is 0 Å². The molecule has 17 heavy (non-hydrogen) atoms. The third kappa shape index (κ3) is 1.87. The topological polar surface area (TPSA) is 27.7 Å². The average Bonchev–Trinajstić information content (AvgIpc) is 2.29. The minimum Gasteiger partial charge on any atom is -0.496 e. The van der Waals surface area contributed by atoms with Crippen LogP contribution in [0.3, 0.4) is 0 Å². The van der Waals surface area contributed by atoms with E-state index in [9.17, 15) is 0 Å². The third-order valence-electron chi connectivity index (χ3n) is 3.36. The molecule has 1 aromatic carbocycles. The van der Waals surface area contributed by atoms with Gasteiger partial charge < -0.3 is 14.2 Å². The Morgan fingerprint density at radius 1 is 1.29 bits per heavy atom. The second kappa shape index (κ2) is 4.75. The molecule has 1 fully saturated rings. The van der Waals surface area contributed by atoms with Gasteiger partial charge >= 0.3 is 0 Å². The molecule has 3 nitrogen and oxygen atoms in total. The first-order valence-corrected chi connectivity index (χ1v) is 6.08. The fraction of sp³-hybridized carbons (Fsp3) is 0.538. The Balaban J connectivity index is 2.51. The van der Waals surface area contributed by atoms with Crippen LogP contribution in [-0.4, -0.2) is 33.3 Å². The molecular formula is C13H17ClO3. The van der Waals surface area contributed by atoms with Crippen LogP contribution in [0, 0.1) is 6.92 Å². The highest BCUT2D eigenvalue weighted by Crippen LogP contribution is 2.42. The zero-order valence-electron chi connectivity index (χ0n) is 10.4. The molecule has 0 unspecified atom stereocenters. The minimum atomic E-state index is -0.107. The first-order chi connectivity index (χ1) is 8.18. The molecule has 0 aromatic heterocycles. The highest BCUT2D eigenvalue weighted by Gasteiger charge is 2.42. The molecule has 0 saturated carbocycles. The van der Waals surface area contributed by atoms with Crippen molar-refractivity contribution in [2.75, 3.05) is 33.3 Å². The van der Waals surface area contributed by atoms with E-state index in [1.54, 1.807) is 14.2 Å². The Hall–Kier alpha value is -0.930. The first kappa shape index (κ1) is 12.5. The summed E-state index contributed by atoms with van der Waals surface area (Å²) >= 11 is 6.08. The van der Waals surface area contributed by atoms with Crippen molar-refractivity contribution >= 4 is 11.6 Å². The molecule has 0 atom stereocenters. The summed E-state index contributed by atoms with van der Waals surface area (Å²) in [6, 6.07) is 3.98. The Morgan fingerprint density at radius 3 is 2.41 bits per heavy atom. The molecule has 2 rings (SSSR count). The summed E-state index contributed by atoms with van der Waals surface area (Å²) in [6.45, 7) is 3.29. The Bertz CT molecular complexity index is 408. The summed E-state index contributed by atoms with van der Waals surface area (Å²) in [5.41, 5.74) is 2.01. The van der Waals surface area contributed by atoms with Crippen LogP contribution in [-0.2, 0) is 10.2 Å². The van der Waals surface area contributed by atoms with Gasteiger partial charge in [0.15, 0.2) is 0 Å². The van der Waals surface area contributed by atoms with Crippen LogP contribution in [0.2, 0.25) is 0 Å². The zero-order valence-corrected chi connectivity index (χ0v) is 11.1. The van der Waals surface area contributed by atoms with Crippen molar-refractivity contribution in [3.63, 3.8) is 0 Å². The lowest BCUT2D eigenvalue weighted by Crippen LogP contribution is -2.48. The maximum atomic E-state index is 6.08. The van der Waals surface area contributed by atoms with E-state index in [2.05, 4.69) is 0 Å². The standard InChI is InChI=1S/C13H17ClO3/c1-9-11(15-2)5-4-10(12(9)16-3)13(6-14)7-17-8-13/h4-5H,6-8H2,1-3H3. The fourth-order valence-electron chi connectivity index (χ4n) is 2.23. The van der Waals surface area contributed by atoms with E-state index >= 15 is 0 Å². The summed E-state index contributed by atoms with van der Waals surface area (Å²) in [6.07, 6.45) is 0. The predicted octanol–water partition coefficient (Wildman–Crippen LogP) is 2.52. The molecule has 0 bridgehead atoms.